The number of aryl methyl sites for hydroxylation is 1. The van der Waals surface area contributed by atoms with E-state index in [2.05, 4.69) is 26.5 Å². The van der Waals surface area contributed by atoms with Crippen molar-refractivity contribution in [1.82, 2.24) is 5.43 Å². The second-order valence-corrected chi connectivity index (χ2v) is 7.26. The van der Waals surface area contributed by atoms with E-state index in [1.165, 1.54) is 24.6 Å². The number of hydrogen-bond donors (Lipinski definition) is 1. The van der Waals surface area contributed by atoms with Crippen molar-refractivity contribution in [1.29, 1.82) is 0 Å². The highest BCUT2D eigenvalue weighted by atomic mass is 79.9. The van der Waals surface area contributed by atoms with Gasteiger partial charge in [-0.1, -0.05) is 33.6 Å². The first-order chi connectivity index (χ1) is 15.0. The highest BCUT2D eigenvalue weighted by molar-refractivity contribution is 9.10. The molecule has 0 radical (unpaired) electrons. The first-order valence-corrected chi connectivity index (χ1v) is 10.0. The first-order valence-electron chi connectivity index (χ1n) is 9.24. The highest BCUT2D eigenvalue weighted by Crippen LogP contribution is 2.22. The number of furan rings is 1. The van der Waals surface area contributed by atoms with Crippen LogP contribution < -0.4 is 14.9 Å². The molecule has 2 aromatic carbocycles. The molecule has 1 aromatic heterocycles. The van der Waals surface area contributed by atoms with Crippen LogP contribution in [0.15, 0.2) is 80.9 Å². The van der Waals surface area contributed by atoms with E-state index in [0.717, 1.165) is 10.0 Å². The van der Waals surface area contributed by atoms with Crippen LogP contribution in [0.4, 0.5) is 0 Å². The Hall–Kier alpha value is -3.65. The van der Waals surface area contributed by atoms with Gasteiger partial charge < -0.3 is 13.9 Å². The average molecular weight is 483 g/mol. The minimum Gasteiger partial charge on any atom is -0.484 e. The zero-order valence-electron chi connectivity index (χ0n) is 16.6. The molecular weight excluding hydrogens is 464 g/mol. The van der Waals surface area contributed by atoms with Gasteiger partial charge in [-0.15, -0.1) is 0 Å². The van der Waals surface area contributed by atoms with E-state index in [1.807, 2.05) is 19.1 Å². The average Bonchev–Trinajstić information content (AvgIpc) is 3.27. The quantitative estimate of drug-likeness (QED) is 0.168. The van der Waals surface area contributed by atoms with Crippen molar-refractivity contribution in [3.8, 4) is 11.5 Å². The lowest BCUT2D eigenvalue weighted by atomic mass is 10.2. The fraction of sp³-hybridized carbons (Fsp3) is 0.0870. The molecule has 3 aromatic rings. The maximum absolute atomic E-state index is 12.1. The summed E-state index contributed by atoms with van der Waals surface area (Å²) in [5.74, 6) is 0.403. The summed E-state index contributed by atoms with van der Waals surface area (Å²) in [5.41, 5.74) is 3.97. The normalized spacial score (nSPS) is 11.0. The molecule has 0 aliphatic heterocycles. The van der Waals surface area contributed by atoms with Gasteiger partial charge in [0.05, 0.1) is 12.5 Å². The van der Waals surface area contributed by atoms with Crippen molar-refractivity contribution in [2.75, 3.05) is 6.61 Å². The zero-order valence-corrected chi connectivity index (χ0v) is 18.2. The first kappa shape index (κ1) is 22.0. The fourth-order valence-electron chi connectivity index (χ4n) is 2.38. The molecule has 0 bridgehead atoms. The van der Waals surface area contributed by atoms with Gasteiger partial charge in [0, 0.05) is 16.1 Å². The number of esters is 1. The molecule has 0 atom stereocenters. The number of rotatable bonds is 8. The minimum atomic E-state index is -0.580. The van der Waals surface area contributed by atoms with Gasteiger partial charge >= 0.3 is 5.97 Å². The predicted molar refractivity (Wildman–Crippen MR) is 120 cm³/mol. The number of nitrogens with one attached hydrogen (secondary N) is 1. The Bertz CT molecular complexity index is 1090. The van der Waals surface area contributed by atoms with Crippen LogP contribution in [-0.4, -0.2) is 24.7 Å². The van der Waals surface area contributed by atoms with Gasteiger partial charge in [0.2, 0.25) is 0 Å². The van der Waals surface area contributed by atoms with Gasteiger partial charge in [-0.2, -0.15) is 5.10 Å². The molecule has 1 heterocycles. The van der Waals surface area contributed by atoms with Gasteiger partial charge in [-0.25, -0.2) is 10.2 Å². The van der Waals surface area contributed by atoms with Crippen LogP contribution in [0, 0.1) is 6.92 Å². The Balaban J connectivity index is 1.56. The number of nitrogens with zero attached hydrogens (tertiary/aromatic N) is 1. The SMILES string of the molecule is Cc1ccc(OCC(=O)NN=Cc2cc(Br)ccc2OC(=O)C=Cc2ccco2)cc1. The maximum atomic E-state index is 12.1. The molecule has 0 saturated heterocycles. The van der Waals surface area contributed by atoms with Crippen LogP contribution in [0.3, 0.4) is 0 Å². The van der Waals surface area contributed by atoms with E-state index in [1.54, 1.807) is 42.5 Å². The Morgan fingerprint density at radius 2 is 1.97 bits per heavy atom. The monoisotopic (exact) mass is 482 g/mol. The molecule has 0 fully saturated rings. The zero-order chi connectivity index (χ0) is 22.1. The molecule has 1 amide bonds. The van der Waals surface area contributed by atoms with Crippen LogP contribution in [0.1, 0.15) is 16.9 Å². The number of hydrazone groups is 1. The summed E-state index contributed by atoms with van der Waals surface area (Å²) in [6.45, 7) is 1.78. The second kappa shape index (κ2) is 10.9. The molecule has 0 aliphatic rings. The van der Waals surface area contributed by atoms with Crippen LogP contribution in [0.5, 0.6) is 11.5 Å². The number of halogens is 1. The summed E-state index contributed by atoms with van der Waals surface area (Å²) in [6.07, 6.45) is 5.65. The van der Waals surface area contributed by atoms with Crippen molar-refractivity contribution in [3.63, 3.8) is 0 Å². The predicted octanol–water partition coefficient (Wildman–Crippen LogP) is 4.50. The minimum absolute atomic E-state index is 0.182. The number of carbonyl (C=O) groups excluding carboxylic acids is 2. The number of ether oxygens (including phenoxy) is 2. The van der Waals surface area contributed by atoms with E-state index < -0.39 is 11.9 Å². The standard InChI is InChI=1S/C23H19BrN2O5/c1-16-4-7-20(8-5-16)30-15-22(27)26-25-14-17-13-18(24)6-10-21(17)31-23(28)11-9-19-3-2-12-29-19/h2-14H,15H2,1H3,(H,26,27). The third-order valence-electron chi connectivity index (χ3n) is 3.89. The summed E-state index contributed by atoms with van der Waals surface area (Å²) in [6, 6.07) is 15.8. The molecule has 31 heavy (non-hydrogen) atoms. The van der Waals surface area contributed by atoms with Crippen LogP contribution in [0.2, 0.25) is 0 Å². The lowest BCUT2D eigenvalue weighted by molar-refractivity contribution is -0.129. The molecule has 158 valence electrons. The van der Waals surface area contributed by atoms with Crippen molar-refractivity contribution >= 4 is 40.1 Å². The molecule has 1 N–H and O–H groups in total. The highest BCUT2D eigenvalue weighted by Gasteiger charge is 2.08. The number of carbonyl (C=O) groups is 2. The smallest absolute Gasteiger partial charge is 0.336 e. The third-order valence-corrected chi connectivity index (χ3v) is 4.39. The fourth-order valence-corrected chi connectivity index (χ4v) is 2.76. The second-order valence-electron chi connectivity index (χ2n) is 6.35. The summed E-state index contributed by atoms with van der Waals surface area (Å²) >= 11 is 3.36. The Morgan fingerprint density at radius 1 is 1.16 bits per heavy atom. The van der Waals surface area contributed by atoms with Crippen molar-refractivity contribution in [2.24, 2.45) is 5.10 Å². The number of amides is 1. The van der Waals surface area contributed by atoms with Crippen molar-refractivity contribution in [3.05, 3.63) is 88.3 Å². The van der Waals surface area contributed by atoms with Crippen molar-refractivity contribution in [2.45, 2.75) is 6.92 Å². The van der Waals surface area contributed by atoms with Gasteiger partial charge in [-0.05, 0) is 55.5 Å². The summed E-state index contributed by atoms with van der Waals surface area (Å²) in [5, 5.41) is 3.91. The lowest BCUT2D eigenvalue weighted by Gasteiger charge is -2.07. The van der Waals surface area contributed by atoms with E-state index in [0.29, 0.717) is 17.1 Å². The topological polar surface area (TPSA) is 90.1 Å². The summed E-state index contributed by atoms with van der Waals surface area (Å²) < 4.78 is 16.6. The largest absolute Gasteiger partial charge is 0.484 e. The van der Waals surface area contributed by atoms with Crippen molar-refractivity contribution < 1.29 is 23.5 Å². The van der Waals surface area contributed by atoms with Crippen LogP contribution >= 0.6 is 15.9 Å². The molecule has 7 nitrogen and oxygen atoms in total. The lowest BCUT2D eigenvalue weighted by Crippen LogP contribution is -2.24. The van der Waals surface area contributed by atoms with E-state index in [4.69, 9.17) is 13.9 Å². The Kier molecular flexibility index (Phi) is 7.78. The summed E-state index contributed by atoms with van der Waals surface area (Å²) in [4.78, 5) is 24.0. The molecule has 3 rings (SSSR count). The number of benzene rings is 2. The summed E-state index contributed by atoms with van der Waals surface area (Å²) in [7, 11) is 0. The maximum Gasteiger partial charge on any atom is 0.336 e. The van der Waals surface area contributed by atoms with Crippen LogP contribution in [0.25, 0.3) is 6.08 Å². The van der Waals surface area contributed by atoms with Gasteiger partial charge in [-0.3, -0.25) is 4.79 Å². The Labute approximate surface area is 187 Å². The van der Waals surface area contributed by atoms with Gasteiger partial charge in [0.15, 0.2) is 6.61 Å². The van der Waals surface area contributed by atoms with Gasteiger partial charge in [0.1, 0.15) is 17.3 Å². The number of hydrogen-bond acceptors (Lipinski definition) is 6. The molecule has 0 saturated carbocycles. The molecule has 8 heteroatoms. The Morgan fingerprint density at radius 3 is 2.71 bits per heavy atom. The molecule has 0 unspecified atom stereocenters. The van der Waals surface area contributed by atoms with E-state index in [9.17, 15) is 9.59 Å². The molecule has 0 aliphatic carbocycles. The van der Waals surface area contributed by atoms with Gasteiger partial charge in [0.25, 0.3) is 5.91 Å². The van der Waals surface area contributed by atoms with E-state index in [-0.39, 0.29) is 12.4 Å². The third kappa shape index (κ3) is 7.27. The molecule has 0 spiro atoms. The van der Waals surface area contributed by atoms with E-state index >= 15 is 0 Å². The molecular formula is C23H19BrN2O5. The van der Waals surface area contributed by atoms with Crippen LogP contribution in [-0.2, 0) is 9.59 Å².